The van der Waals surface area contributed by atoms with Gasteiger partial charge in [-0.3, -0.25) is 4.79 Å². The first kappa shape index (κ1) is 31.2. The first-order valence-corrected chi connectivity index (χ1v) is 15.0. The van der Waals surface area contributed by atoms with Gasteiger partial charge in [-0.2, -0.15) is 0 Å². The number of ketones is 1. The van der Waals surface area contributed by atoms with Crippen molar-refractivity contribution in [3.05, 3.63) is 76.9 Å². The van der Waals surface area contributed by atoms with E-state index in [1.807, 2.05) is 0 Å². The molecule has 3 aliphatic rings. The van der Waals surface area contributed by atoms with Crippen molar-refractivity contribution in [2.75, 3.05) is 27.4 Å². The van der Waals surface area contributed by atoms with Gasteiger partial charge in [0.15, 0.2) is 46.7 Å². The van der Waals surface area contributed by atoms with Gasteiger partial charge in [0.2, 0.25) is 5.78 Å². The molecule has 0 bridgehead atoms. The molecule has 2 fully saturated rings. The highest BCUT2D eigenvalue weighted by Crippen LogP contribution is 2.54. The lowest BCUT2D eigenvalue weighted by Gasteiger charge is -2.30. The predicted octanol–water partition coefficient (Wildman–Crippen LogP) is 4.36. The lowest BCUT2D eigenvalue weighted by Crippen LogP contribution is -2.36. The van der Waals surface area contributed by atoms with Crippen molar-refractivity contribution in [1.82, 2.24) is 0 Å². The van der Waals surface area contributed by atoms with E-state index in [9.17, 15) is 40.5 Å². The third-order valence-corrected chi connectivity index (χ3v) is 9.29. The van der Waals surface area contributed by atoms with Gasteiger partial charge in [-0.05, 0) is 53.1 Å². The maximum absolute atomic E-state index is 13.0. The van der Waals surface area contributed by atoms with Gasteiger partial charge in [0.25, 0.3) is 0 Å². The summed E-state index contributed by atoms with van der Waals surface area (Å²) >= 11 is 0. The van der Waals surface area contributed by atoms with E-state index in [-0.39, 0.29) is 68.9 Å². The van der Waals surface area contributed by atoms with Crippen LogP contribution >= 0.6 is 0 Å². The van der Waals surface area contributed by atoms with Crippen LogP contribution in [0.2, 0.25) is 0 Å². The van der Waals surface area contributed by atoms with Crippen molar-refractivity contribution in [3.8, 4) is 62.9 Å². The van der Waals surface area contributed by atoms with Crippen LogP contribution in [0.5, 0.6) is 51.7 Å². The number of phenolic OH excluding ortho intramolecular Hbond substituents is 6. The Morgan fingerprint density at radius 3 is 1.92 bits per heavy atom. The molecule has 0 aromatic heterocycles. The molecule has 0 spiro atoms. The molecule has 7 N–H and O–H groups in total. The van der Waals surface area contributed by atoms with Gasteiger partial charge in [0.05, 0.1) is 39.6 Å². The summed E-state index contributed by atoms with van der Waals surface area (Å²) in [5.41, 5.74) is 1.13. The summed E-state index contributed by atoms with van der Waals surface area (Å²) in [6, 6.07) is 12.7. The third kappa shape index (κ3) is 4.94. The summed E-state index contributed by atoms with van der Waals surface area (Å²) in [4.78, 5) is 13.0. The van der Waals surface area contributed by atoms with Crippen LogP contribution < -0.4 is 14.2 Å². The number of carbonyl (C=O) groups is 1. The normalized spacial score (nSPS) is 24.5. The lowest BCUT2D eigenvalue weighted by atomic mass is 9.84. The van der Waals surface area contributed by atoms with E-state index in [1.54, 1.807) is 30.3 Å². The molecule has 0 unspecified atom stereocenters. The fourth-order valence-electron chi connectivity index (χ4n) is 6.93. The molecule has 4 aromatic carbocycles. The quantitative estimate of drug-likeness (QED) is 0.144. The number of aromatic hydroxyl groups is 6. The lowest BCUT2D eigenvalue weighted by molar-refractivity contribution is 0.0191. The number of aliphatic hydroxyl groups excluding tert-OH is 1. The second-order valence-corrected chi connectivity index (χ2v) is 12.0. The number of hydrogen-bond acceptors (Lipinski definition) is 13. The van der Waals surface area contributed by atoms with Crippen LogP contribution in [0, 0.1) is 11.8 Å². The predicted molar refractivity (Wildman–Crippen MR) is 166 cm³/mol. The molecule has 7 rings (SSSR count). The second kappa shape index (κ2) is 11.7. The zero-order chi connectivity index (χ0) is 34.0. The van der Waals surface area contributed by atoms with Crippen LogP contribution in [0.4, 0.5) is 0 Å². The molecule has 4 aromatic rings. The summed E-state index contributed by atoms with van der Waals surface area (Å²) in [5, 5.41) is 74.2. The molecular weight excluding hydrogens is 628 g/mol. The van der Waals surface area contributed by atoms with Crippen LogP contribution in [-0.2, 0) is 9.47 Å². The van der Waals surface area contributed by atoms with E-state index < -0.39 is 41.3 Å². The van der Waals surface area contributed by atoms with E-state index in [2.05, 4.69) is 0 Å². The molecule has 0 saturated carbocycles. The van der Waals surface area contributed by atoms with Gasteiger partial charge in [0, 0.05) is 35.1 Å². The molecule has 48 heavy (non-hydrogen) atoms. The average molecular weight is 661 g/mol. The van der Waals surface area contributed by atoms with Crippen molar-refractivity contribution in [2.45, 2.75) is 24.4 Å². The Bertz CT molecular complexity index is 1940. The Kier molecular flexibility index (Phi) is 7.62. The van der Waals surface area contributed by atoms with Gasteiger partial charge in [0.1, 0.15) is 22.8 Å². The number of methoxy groups -OCH3 is 2. The number of Topliss-reactive ketones (excluding diaryl/α,β-unsaturated/α-hetero) is 1. The van der Waals surface area contributed by atoms with Crippen molar-refractivity contribution in [3.63, 3.8) is 0 Å². The van der Waals surface area contributed by atoms with Crippen molar-refractivity contribution in [2.24, 2.45) is 11.8 Å². The molecular formula is C35H32O13. The number of rotatable bonds is 6. The van der Waals surface area contributed by atoms with Gasteiger partial charge >= 0.3 is 0 Å². The van der Waals surface area contributed by atoms with Crippen LogP contribution in [0.25, 0.3) is 11.1 Å². The largest absolute Gasteiger partial charge is 0.508 e. The van der Waals surface area contributed by atoms with Gasteiger partial charge in [-0.1, -0.05) is 6.07 Å². The van der Waals surface area contributed by atoms with Crippen molar-refractivity contribution in [1.29, 1.82) is 0 Å². The van der Waals surface area contributed by atoms with Gasteiger partial charge in [-0.15, -0.1) is 0 Å². The van der Waals surface area contributed by atoms with Gasteiger partial charge in [-0.25, -0.2) is 0 Å². The van der Waals surface area contributed by atoms with Crippen LogP contribution in [0.15, 0.2) is 54.6 Å². The zero-order valence-electron chi connectivity index (χ0n) is 25.7. The highest BCUT2D eigenvalue weighted by Gasteiger charge is 2.48. The molecule has 0 amide bonds. The Labute approximate surface area is 273 Å². The SMILES string of the molecule is COc1cc([C@H]2OC[C@H]3[C@@H]2CO[C@@H]3c2cc(OC)c(O)c(-c3cc([C@H]4Oc5cc(O)cc(O)c5C(=O)[C@@H]4O)cc(O)c3O)c2)ccc1O. The fourth-order valence-corrected chi connectivity index (χ4v) is 6.93. The number of hydrogen-bond donors (Lipinski definition) is 7. The number of phenols is 6. The molecule has 13 heteroatoms. The number of fused-ring (bicyclic) bond motifs is 2. The maximum atomic E-state index is 13.0. The molecule has 0 radical (unpaired) electrons. The molecule has 3 heterocycles. The van der Waals surface area contributed by atoms with E-state index in [0.29, 0.717) is 24.5 Å². The number of benzene rings is 4. The summed E-state index contributed by atoms with van der Waals surface area (Å²) < 4.78 is 29.0. The topological polar surface area (TPSA) is 205 Å². The van der Waals surface area contributed by atoms with Gasteiger partial charge < -0.3 is 59.4 Å². The highest BCUT2D eigenvalue weighted by molar-refractivity contribution is 6.05. The molecule has 6 atom stereocenters. The van der Waals surface area contributed by atoms with E-state index in [1.165, 1.54) is 20.3 Å². The molecule has 0 aliphatic carbocycles. The minimum atomic E-state index is -1.83. The molecule has 13 nitrogen and oxygen atoms in total. The van der Waals surface area contributed by atoms with Crippen molar-refractivity contribution >= 4 is 5.78 Å². The molecule has 3 aliphatic heterocycles. The summed E-state index contributed by atoms with van der Waals surface area (Å²) in [5.74, 6) is -3.40. The number of aliphatic hydroxyl groups is 1. The molecule has 2 saturated heterocycles. The number of ether oxygens (including phenoxy) is 5. The van der Waals surface area contributed by atoms with E-state index in [4.69, 9.17) is 23.7 Å². The summed E-state index contributed by atoms with van der Waals surface area (Å²) in [6.07, 6.45) is -4.09. The van der Waals surface area contributed by atoms with Crippen LogP contribution in [-0.4, -0.2) is 75.1 Å². The maximum Gasteiger partial charge on any atom is 0.202 e. The number of carbonyl (C=O) groups excluding carboxylic acids is 1. The smallest absolute Gasteiger partial charge is 0.202 e. The first-order valence-electron chi connectivity index (χ1n) is 15.0. The zero-order valence-corrected chi connectivity index (χ0v) is 25.7. The van der Waals surface area contributed by atoms with Crippen LogP contribution in [0.1, 0.15) is 45.4 Å². The van der Waals surface area contributed by atoms with Crippen molar-refractivity contribution < 1.29 is 64.2 Å². The molecule has 250 valence electrons. The Balaban J connectivity index is 1.25. The second-order valence-electron chi connectivity index (χ2n) is 12.0. The van der Waals surface area contributed by atoms with E-state index >= 15 is 0 Å². The standard InChI is InChI=1S/C35H32O13/c1-44-25-8-14(3-4-22(25)37)33-20-12-47-34(21(20)13-46-33)16-6-19(30(41)27(9-16)45-2)18-5-15(7-24(39)29(18)40)35-32(43)31(42)28-23(38)10-17(36)11-26(28)48-35/h3-11,20-21,32-41,43H,12-13H2,1-2H3/t20-,21-,32-,33+,34+,35+/m0/s1. The third-order valence-electron chi connectivity index (χ3n) is 9.29. The van der Waals surface area contributed by atoms with E-state index in [0.717, 1.165) is 23.8 Å². The minimum absolute atomic E-state index is 0.0120. The average Bonchev–Trinajstić information content (AvgIpc) is 3.67. The Hall–Kier alpha value is -5.37. The Morgan fingerprint density at radius 2 is 1.25 bits per heavy atom. The highest BCUT2D eigenvalue weighted by atomic mass is 16.5. The monoisotopic (exact) mass is 660 g/mol. The summed E-state index contributed by atoms with van der Waals surface area (Å²) in [6.45, 7) is 0.696. The first-order chi connectivity index (χ1) is 23.0. The summed E-state index contributed by atoms with van der Waals surface area (Å²) in [7, 11) is 2.83. The Morgan fingerprint density at radius 1 is 0.646 bits per heavy atom. The minimum Gasteiger partial charge on any atom is -0.508 e. The fraction of sp³-hybridized carbons (Fsp3) is 0.286. The van der Waals surface area contributed by atoms with Crippen LogP contribution in [0.3, 0.4) is 0 Å².